The van der Waals surface area contributed by atoms with E-state index in [1.807, 2.05) is 25.2 Å². The van der Waals surface area contributed by atoms with E-state index < -0.39 is 0 Å². The number of aryl methyl sites for hydroxylation is 3. The number of hydrogen-bond donors (Lipinski definition) is 0. The van der Waals surface area contributed by atoms with E-state index in [2.05, 4.69) is 22.9 Å². The predicted octanol–water partition coefficient (Wildman–Crippen LogP) is 3.32. The molecule has 0 saturated carbocycles. The Bertz CT molecular complexity index is 875. The lowest BCUT2D eigenvalue weighted by molar-refractivity contribution is -0.677. The van der Waals surface area contributed by atoms with Gasteiger partial charge < -0.3 is 9.47 Å². The molecule has 0 unspecified atom stereocenters. The van der Waals surface area contributed by atoms with E-state index in [9.17, 15) is 4.39 Å². The highest BCUT2D eigenvalue weighted by atomic mass is 19.1. The van der Waals surface area contributed by atoms with Crippen molar-refractivity contribution in [3.63, 3.8) is 0 Å². The predicted molar refractivity (Wildman–Crippen MR) is 85.1 cm³/mol. The Morgan fingerprint density at radius 1 is 1.00 bits per heavy atom. The second-order valence-electron chi connectivity index (χ2n) is 5.79. The van der Waals surface area contributed by atoms with Gasteiger partial charge in [-0.05, 0) is 41.6 Å². The number of rotatable bonds is 3. The van der Waals surface area contributed by atoms with Gasteiger partial charge >= 0.3 is 0 Å². The molecule has 1 aromatic heterocycles. The molecule has 1 aliphatic heterocycles. The summed E-state index contributed by atoms with van der Waals surface area (Å²) in [5.41, 5.74) is 2.36. The number of benzene rings is 2. The molecule has 4 heteroatoms. The number of halogens is 1. The maximum absolute atomic E-state index is 13.0. The quantitative estimate of drug-likeness (QED) is 0.693. The van der Waals surface area contributed by atoms with Crippen LogP contribution in [0, 0.1) is 5.82 Å². The van der Waals surface area contributed by atoms with E-state index in [1.165, 1.54) is 23.2 Å². The van der Waals surface area contributed by atoms with Gasteiger partial charge in [0.25, 0.3) is 0 Å². The molecule has 1 aliphatic rings. The first-order valence-electron chi connectivity index (χ1n) is 7.66. The number of hydrogen-bond acceptors (Lipinski definition) is 2. The van der Waals surface area contributed by atoms with Crippen LogP contribution in [-0.4, -0.2) is 6.79 Å². The molecular weight excluding hydrogens is 293 g/mol. The SMILES string of the molecule is C[n+]1ccc2cc3c(cc2c1CCc1ccc(F)cc1)OCO3. The normalized spacial score (nSPS) is 12.8. The number of nitrogens with zero attached hydrogens (tertiary/aromatic N) is 1. The van der Waals surface area contributed by atoms with E-state index in [-0.39, 0.29) is 12.6 Å². The fourth-order valence-electron chi connectivity index (χ4n) is 3.04. The van der Waals surface area contributed by atoms with Crippen molar-refractivity contribution < 1.29 is 18.4 Å². The van der Waals surface area contributed by atoms with Gasteiger partial charge in [-0.2, -0.15) is 0 Å². The maximum atomic E-state index is 13.0. The van der Waals surface area contributed by atoms with Crippen LogP contribution in [0.5, 0.6) is 11.5 Å². The Kier molecular flexibility index (Phi) is 3.37. The largest absolute Gasteiger partial charge is 0.454 e. The van der Waals surface area contributed by atoms with Crippen molar-refractivity contribution in [3.05, 3.63) is 65.7 Å². The first-order chi connectivity index (χ1) is 11.2. The second-order valence-corrected chi connectivity index (χ2v) is 5.79. The molecule has 23 heavy (non-hydrogen) atoms. The molecule has 0 amide bonds. The first kappa shape index (κ1) is 14.0. The Balaban J connectivity index is 1.70. The number of aromatic nitrogens is 1. The van der Waals surface area contributed by atoms with Crippen LogP contribution in [0.25, 0.3) is 10.8 Å². The summed E-state index contributed by atoms with van der Waals surface area (Å²) in [7, 11) is 2.05. The first-order valence-corrected chi connectivity index (χ1v) is 7.66. The zero-order chi connectivity index (χ0) is 15.8. The van der Waals surface area contributed by atoms with E-state index in [0.717, 1.165) is 35.3 Å². The number of fused-ring (bicyclic) bond motifs is 2. The molecule has 3 nitrogen and oxygen atoms in total. The van der Waals surface area contributed by atoms with Crippen LogP contribution < -0.4 is 14.0 Å². The second kappa shape index (κ2) is 5.54. The lowest BCUT2D eigenvalue weighted by Gasteiger charge is -2.07. The van der Waals surface area contributed by atoms with Crippen molar-refractivity contribution in [1.29, 1.82) is 0 Å². The average Bonchev–Trinajstić information content (AvgIpc) is 3.01. The summed E-state index contributed by atoms with van der Waals surface area (Å²) < 4.78 is 26.1. The molecule has 0 fully saturated rings. The zero-order valence-corrected chi connectivity index (χ0v) is 12.9. The maximum Gasteiger partial charge on any atom is 0.231 e. The van der Waals surface area contributed by atoms with Gasteiger partial charge in [-0.15, -0.1) is 0 Å². The Hall–Kier alpha value is -2.62. The van der Waals surface area contributed by atoms with Crippen LogP contribution in [0.2, 0.25) is 0 Å². The summed E-state index contributed by atoms with van der Waals surface area (Å²) in [5, 5.41) is 2.31. The summed E-state index contributed by atoms with van der Waals surface area (Å²) in [6.07, 6.45) is 3.80. The van der Waals surface area contributed by atoms with Gasteiger partial charge in [-0.3, -0.25) is 0 Å². The minimum atomic E-state index is -0.197. The van der Waals surface area contributed by atoms with Crippen molar-refractivity contribution >= 4 is 10.8 Å². The molecular formula is C19H17FNO2+. The van der Waals surface area contributed by atoms with Crippen molar-refractivity contribution in [2.24, 2.45) is 7.05 Å². The Labute approximate surface area is 133 Å². The van der Waals surface area contributed by atoms with Crippen LogP contribution >= 0.6 is 0 Å². The number of pyridine rings is 1. The minimum absolute atomic E-state index is 0.197. The molecule has 0 bridgehead atoms. The van der Waals surface area contributed by atoms with Gasteiger partial charge in [0.15, 0.2) is 23.4 Å². The summed E-state index contributed by atoms with van der Waals surface area (Å²) >= 11 is 0. The van der Waals surface area contributed by atoms with E-state index in [1.54, 1.807) is 0 Å². The molecule has 0 saturated heterocycles. The van der Waals surface area contributed by atoms with E-state index in [4.69, 9.17) is 9.47 Å². The van der Waals surface area contributed by atoms with Crippen LogP contribution in [0.15, 0.2) is 48.7 Å². The van der Waals surface area contributed by atoms with Crippen molar-refractivity contribution in [2.45, 2.75) is 12.8 Å². The fourth-order valence-corrected chi connectivity index (χ4v) is 3.04. The molecule has 2 heterocycles. The Morgan fingerprint density at radius 3 is 2.52 bits per heavy atom. The highest BCUT2D eigenvalue weighted by Crippen LogP contribution is 2.36. The zero-order valence-electron chi connectivity index (χ0n) is 12.9. The average molecular weight is 310 g/mol. The summed E-state index contributed by atoms with van der Waals surface area (Å²) in [5.74, 6) is 1.40. The Morgan fingerprint density at radius 2 is 1.74 bits per heavy atom. The smallest absolute Gasteiger partial charge is 0.231 e. The van der Waals surface area contributed by atoms with Gasteiger partial charge in [0.2, 0.25) is 6.79 Å². The molecule has 0 N–H and O–H groups in total. The third kappa shape index (κ3) is 2.61. The standard InChI is InChI=1S/C19H17FNO2/c1-21-9-8-14-10-18-19(23-12-22-18)11-16(14)17(21)7-4-13-2-5-15(20)6-3-13/h2-3,5-6,8-11H,4,7,12H2,1H3/q+1. The highest BCUT2D eigenvalue weighted by molar-refractivity contribution is 5.87. The third-order valence-corrected chi connectivity index (χ3v) is 4.32. The molecule has 0 atom stereocenters. The number of ether oxygens (including phenoxy) is 2. The highest BCUT2D eigenvalue weighted by Gasteiger charge is 2.19. The van der Waals surface area contributed by atoms with Crippen LogP contribution in [-0.2, 0) is 19.9 Å². The van der Waals surface area contributed by atoms with Crippen molar-refractivity contribution in [1.82, 2.24) is 0 Å². The summed E-state index contributed by atoms with van der Waals surface area (Å²) in [6, 6.07) is 12.9. The molecule has 0 aliphatic carbocycles. The summed E-state index contributed by atoms with van der Waals surface area (Å²) in [6.45, 7) is 0.280. The van der Waals surface area contributed by atoms with Crippen molar-refractivity contribution in [3.8, 4) is 11.5 Å². The van der Waals surface area contributed by atoms with Crippen LogP contribution in [0.4, 0.5) is 4.39 Å². The van der Waals surface area contributed by atoms with Crippen LogP contribution in [0.3, 0.4) is 0 Å². The molecule has 2 aromatic carbocycles. The lowest BCUT2D eigenvalue weighted by atomic mass is 10.0. The minimum Gasteiger partial charge on any atom is -0.454 e. The van der Waals surface area contributed by atoms with E-state index >= 15 is 0 Å². The van der Waals surface area contributed by atoms with Gasteiger partial charge in [-0.1, -0.05) is 12.1 Å². The lowest BCUT2D eigenvalue weighted by Crippen LogP contribution is -2.33. The molecule has 3 aromatic rings. The van der Waals surface area contributed by atoms with Gasteiger partial charge in [0.05, 0.1) is 5.39 Å². The van der Waals surface area contributed by atoms with Gasteiger partial charge in [0.1, 0.15) is 12.9 Å². The molecule has 4 rings (SSSR count). The topological polar surface area (TPSA) is 22.3 Å². The van der Waals surface area contributed by atoms with Crippen molar-refractivity contribution in [2.75, 3.05) is 6.79 Å². The monoisotopic (exact) mass is 310 g/mol. The molecule has 116 valence electrons. The molecule has 0 radical (unpaired) electrons. The fraction of sp³-hybridized carbons (Fsp3) is 0.211. The van der Waals surface area contributed by atoms with Crippen LogP contribution in [0.1, 0.15) is 11.3 Å². The van der Waals surface area contributed by atoms with E-state index in [0.29, 0.717) is 0 Å². The molecule has 0 spiro atoms. The third-order valence-electron chi connectivity index (χ3n) is 4.32. The van der Waals surface area contributed by atoms with Gasteiger partial charge in [-0.25, -0.2) is 8.96 Å². The van der Waals surface area contributed by atoms with Gasteiger partial charge in [0, 0.05) is 12.5 Å². The summed E-state index contributed by atoms with van der Waals surface area (Å²) in [4.78, 5) is 0.